The second kappa shape index (κ2) is 8.07. The average molecular weight is 456 g/mol. The molecule has 2 aromatic rings. The highest BCUT2D eigenvalue weighted by Crippen LogP contribution is 2.47. The Balaban J connectivity index is 2.21. The standard InChI is InChI=1S/C18H21NO3S4Si/c1-11-15(24)13(23)9-18(16(11)25,10-27(20-2,21-3)22-4)17-19-12-7-5-6-8-14(12)26-17/h5-8,11H,9-10H2,1-4H3. The molecule has 3 rings (SSSR count). The van der Waals surface area contributed by atoms with E-state index in [1.807, 2.05) is 25.1 Å². The van der Waals surface area contributed by atoms with Gasteiger partial charge in [0.15, 0.2) is 0 Å². The molecule has 0 bridgehead atoms. The smallest absolute Gasteiger partial charge is 0.377 e. The Bertz CT molecular complexity index is 870. The monoisotopic (exact) mass is 455 g/mol. The number of benzene rings is 1. The fraction of sp³-hybridized carbons (Fsp3) is 0.444. The SMILES string of the molecule is CO[Si](CC1(c2nc3ccccc3s2)CC(=S)C(=S)C(C)C1=S)(OC)OC. The number of thiocarbonyl (C=S) groups is 3. The first kappa shape index (κ1) is 21.2. The lowest BCUT2D eigenvalue weighted by Crippen LogP contribution is -2.56. The van der Waals surface area contributed by atoms with E-state index in [9.17, 15) is 0 Å². The first-order chi connectivity index (χ1) is 12.8. The molecule has 0 saturated heterocycles. The van der Waals surface area contributed by atoms with Crippen molar-refractivity contribution in [2.75, 3.05) is 21.3 Å². The molecule has 2 unspecified atom stereocenters. The van der Waals surface area contributed by atoms with E-state index >= 15 is 0 Å². The van der Waals surface area contributed by atoms with E-state index < -0.39 is 14.2 Å². The van der Waals surface area contributed by atoms with Crippen LogP contribution < -0.4 is 0 Å². The van der Waals surface area contributed by atoms with Crippen molar-refractivity contribution in [1.82, 2.24) is 4.98 Å². The molecule has 0 aliphatic heterocycles. The Morgan fingerprint density at radius 2 is 1.78 bits per heavy atom. The number of fused-ring (bicyclic) bond motifs is 1. The molecular weight excluding hydrogens is 435 g/mol. The summed E-state index contributed by atoms with van der Waals surface area (Å²) in [4.78, 5) is 7.28. The predicted molar refractivity (Wildman–Crippen MR) is 124 cm³/mol. The zero-order chi connectivity index (χ0) is 19.8. The molecule has 0 radical (unpaired) electrons. The highest BCUT2D eigenvalue weighted by atomic mass is 32.1. The molecule has 27 heavy (non-hydrogen) atoms. The van der Waals surface area contributed by atoms with Crippen LogP contribution in [0.25, 0.3) is 10.2 Å². The molecule has 1 aliphatic carbocycles. The van der Waals surface area contributed by atoms with Gasteiger partial charge in [-0.05, 0) is 12.1 Å². The summed E-state index contributed by atoms with van der Waals surface area (Å²) in [6, 6.07) is 8.55. The topological polar surface area (TPSA) is 40.6 Å². The molecule has 0 spiro atoms. The van der Waals surface area contributed by atoms with Crippen LogP contribution in [0, 0.1) is 5.92 Å². The number of hydrogen-bond donors (Lipinski definition) is 0. The van der Waals surface area contributed by atoms with Gasteiger partial charge in [0, 0.05) is 54.3 Å². The van der Waals surface area contributed by atoms with Gasteiger partial charge in [-0.3, -0.25) is 0 Å². The molecule has 1 aromatic carbocycles. The third kappa shape index (κ3) is 3.60. The highest BCUT2D eigenvalue weighted by Gasteiger charge is 2.55. The van der Waals surface area contributed by atoms with E-state index in [2.05, 4.69) is 6.07 Å². The van der Waals surface area contributed by atoms with Gasteiger partial charge in [-0.2, -0.15) is 0 Å². The first-order valence-electron chi connectivity index (χ1n) is 8.45. The third-order valence-corrected chi connectivity index (χ3v) is 11.1. The van der Waals surface area contributed by atoms with E-state index in [1.165, 1.54) is 0 Å². The van der Waals surface area contributed by atoms with Crippen LogP contribution in [0.4, 0.5) is 0 Å². The molecule has 4 nitrogen and oxygen atoms in total. The van der Waals surface area contributed by atoms with Crippen LogP contribution in [0.2, 0.25) is 6.04 Å². The van der Waals surface area contributed by atoms with Gasteiger partial charge in [-0.1, -0.05) is 55.7 Å². The van der Waals surface area contributed by atoms with Crippen molar-refractivity contribution < 1.29 is 13.3 Å². The minimum Gasteiger partial charge on any atom is -0.377 e. The molecule has 0 N–H and O–H groups in total. The van der Waals surface area contributed by atoms with Crippen molar-refractivity contribution in [2.45, 2.75) is 24.8 Å². The largest absolute Gasteiger partial charge is 0.501 e. The lowest BCUT2D eigenvalue weighted by Gasteiger charge is -2.43. The third-order valence-electron chi connectivity index (χ3n) is 5.15. The molecule has 1 aliphatic rings. The lowest BCUT2D eigenvalue weighted by atomic mass is 9.71. The predicted octanol–water partition coefficient (Wildman–Crippen LogP) is 4.56. The van der Waals surface area contributed by atoms with Crippen LogP contribution in [-0.4, -0.2) is 49.7 Å². The minimum atomic E-state index is -2.96. The Kier molecular flexibility index (Phi) is 6.34. The average Bonchev–Trinajstić information content (AvgIpc) is 3.13. The van der Waals surface area contributed by atoms with Crippen molar-refractivity contribution in [3.05, 3.63) is 29.3 Å². The summed E-state index contributed by atoms with van der Waals surface area (Å²) in [5.41, 5.74) is 0.359. The highest BCUT2D eigenvalue weighted by molar-refractivity contribution is 7.90. The molecule has 144 valence electrons. The van der Waals surface area contributed by atoms with E-state index in [0.717, 1.165) is 29.8 Å². The molecule has 1 saturated carbocycles. The molecule has 1 heterocycles. The fourth-order valence-electron chi connectivity index (χ4n) is 3.54. The zero-order valence-electron chi connectivity index (χ0n) is 15.6. The maximum absolute atomic E-state index is 5.97. The van der Waals surface area contributed by atoms with Gasteiger partial charge in [0.1, 0.15) is 5.01 Å². The Morgan fingerprint density at radius 3 is 2.37 bits per heavy atom. The molecule has 0 amide bonds. The summed E-state index contributed by atoms with van der Waals surface area (Å²) in [5.74, 6) is -0.0828. The summed E-state index contributed by atoms with van der Waals surface area (Å²) in [6.45, 7) is 2.02. The van der Waals surface area contributed by atoms with Crippen LogP contribution in [0.5, 0.6) is 0 Å². The van der Waals surface area contributed by atoms with Gasteiger partial charge in [0.05, 0.1) is 15.6 Å². The Morgan fingerprint density at radius 1 is 1.15 bits per heavy atom. The van der Waals surface area contributed by atoms with Crippen LogP contribution in [0.1, 0.15) is 18.4 Å². The van der Waals surface area contributed by atoms with Crippen molar-refractivity contribution in [3.63, 3.8) is 0 Å². The minimum absolute atomic E-state index is 0.0828. The molecule has 9 heteroatoms. The van der Waals surface area contributed by atoms with Gasteiger partial charge >= 0.3 is 8.80 Å². The summed E-state index contributed by atoms with van der Waals surface area (Å²) in [7, 11) is 1.89. The molecule has 1 aromatic heterocycles. The van der Waals surface area contributed by atoms with Gasteiger partial charge in [0.25, 0.3) is 0 Å². The van der Waals surface area contributed by atoms with Gasteiger partial charge < -0.3 is 13.3 Å². The molecular formula is C18H21NO3S4Si. The maximum Gasteiger partial charge on any atom is 0.501 e. The number of nitrogens with zero attached hydrogens (tertiary/aromatic N) is 1. The molecule has 1 fully saturated rings. The normalized spacial score (nSPS) is 24.0. The van der Waals surface area contributed by atoms with E-state index in [-0.39, 0.29) is 5.92 Å². The van der Waals surface area contributed by atoms with Crippen LogP contribution in [-0.2, 0) is 18.7 Å². The summed E-state index contributed by atoms with van der Waals surface area (Å²) < 4.78 is 18.3. The van der Waals surface area contributed by atoms with Gasteiger partial charge in [-0.25, -0.2) is 4.98 Å². The van der Waals surface area contributed by atoms with Crippen molar-refractivity contribution in [1.29, 1.82) is 0 Å². The summed E-state index contributed by atoms with van der Waals surface area (Å²) in [5, 5.41) is 0.924. The van der Waals surface area contributed by atoms with Crippen molar-refractivity contribution in [2.24, 2.45) is 5.92 Å². The lowest BCUT2D eigenvalue weighted by molar-refractivity contribution is 0.119. The number of rotatable bonds is 6. The Hall–Kier alpha value is -0.523. The second-order valence-corrected chi connectivity index (χ2v) is 11.9. The van der Waals surface area contributed by atoms with E-state index in [4.69, 9.17) is 54.9 Å². The molecule has 2 atom stereocenters. The van der Waals surface area contributed by atoms with Crippen LogP contribution in [0.15, 0.2) is 24.3 Å². The number of hydrogen-bond acceptors (Lipinski definition) is 8. The maximum atomic E-state index is 5.97. The van der Waals surface area contributed by atoms with Crippen molar-refractivity contribution in [3.8, 4) is 0 Å². The zero-order valence-corrected chi connectivity index (χ0v) is 19.9. The quantitative estimate of drug-likeness (QED) is 0.467. The summed E-state index contributed by atoms with van der Waals surface area (Å²) >= 11 is 18.8. The van der Waals surface area contributed by atoms with Crippen molar-refractivity contribution >= 4 is 81.6 Å². The summed E-state index contributed by atoms with van der Waals surface area (Å²) in [6.07, 6.45) is 0.537. The van der Waals surface area contributed by atoms with Gasteiger partial charge in [-0.15, -0.1) is 11.3 Å². The van der Waals surface area contributed by atoms with Crippen LogP contribution >= 0.6 is 48.0 Å². The van der Waals surface area contributed by atoms with Crippen LogP contribution in [0.3, 0.4) is 0 Å². The van der Waals surface area contributed by atoms with Gasteiger partial charge in [0.2, 0.25) is 0 Å². The second-order valence-electron chi connectivity index (χ2n) is 6.59. The number of para-hydroxylation sites is 1. The fourth-order valence-corrected chi connectivity index (χ4v) is 8.23. The first-order valence-corrected chi connectivity index (χ1v) is 12.4. The Labute approximate surface area is 180 Å². The van der Waals surface area contributed by atoms with E-state index in [0.29, 0.717) is 12.5 Å². The number of thiazole rings is 1. The van der Waals surface area contributed by atoms with E-state index in [1.54, 1.807) is 32.7 Å². The number of aromatic nitrogens is 1.